The second-order valence-electron chi connectivity index (χ2n) is 3.02. The monoisotopic (exact) mass is 173 g/mol. The third-order valence-electron chi connectivity index (χ3n) is 1.47. The average molecular weight is 173 g/mol. The largest absolute Gasteiger partial charge is 0.465 e. The molecule has 0 N–H and O–H groups in total. The summed E-state index contributed by atoms with van der Waals surface area (Å²) in [5, 5.41) is 1.64. The first-order valence-electron chi connectivity index (χ1n) is 4.25. The van der Waals surface area contributed by atoms with E-state index in [0.29, 0.717) is 13.2 Å². The van der Waals surface area contributed by atoms with Gasteiger partial charge in [0.2, 0.25) is 0 Å². The van der Waals surface area contributed by atoms with Crippen LogP contribution in [0.4, 0.5) is 0 Å². The first-order valence-corrected chi connectivity index (χ1v) is 4.25. The van der Waals surface area contributed by atoms with Crippen LogP contribution in [0.5, 0.6) is 0 Å². The van der Waals surface area contributed by atoms with Gasteiger partial charge in [0.15, 0.2) is 0 Å². The number of rotatable bonds is 4. The number of hydrogen-bond acceptors (Lipinski definition) is 4. The van der Waals surface area contributed by atoms with Crippen LogP contribution in [0.3, 0.4) is 0 Å². The molecule has 0 aromatic carbocycles. The zero-order valence-corrected chi connectivity index (χ0v) is 7.74. The number of nitrogens with zero attached hydrogens (tertiary/aromatic N) is 1. The Balaban J connectivity index is 2.18. The van der Waals surface area contributed by atoms with Crippen LogP contribution >= 0.6 is 0 Å². The molecule has 1 saturated heterocycles. The van der Waals surface area contributed by atoms with E-state index in [0.717, 1.165) is 0 Å². The van der Waals surface area contributed by atoms with Crippen LogP contribution in [0, 0.1) is 0 Å². The first-order chi connectivity index (χ1) is 5.65. The van der Waals surface area contributed by atoms with Gasteiger partial charge in [0.1, 0.15) is 6.04 Å². The van der Waals surface area contributed by atoms with Gasteiger partial charge in [0.25, 0.3) is 0 Å². The van der Waals surface area contributed by atoms with Crippen LogP contribution in [0.2, 0.25) is 0 Å². The SMILES string of the molecule is CCOC(=O)C1CN1OC(C)C. The third kappa shape index (κ3) is 2.46. The van der Waals surface area contributed by atoms with Crippen molar-refractivity contribution in [3.05, 3.63) is 0 Å². The second kappa shape index (κ2) is 3.87. The summed E-state index contributed by atoms with van der Waals surface area (Å²) >= 11 is 0. The summed E-state index contributed by atoms with van der Waals surface area (Å²) < 4.78 is 4.82. The maximum Gasteiger partial charge on any atom is 0.327 e. The van der Waals surface area contributed by atoms with Crippen LogP contribution in [-0.4, -0.2) is 36.3 Å². The summed E-state index contributed by atoms with van der Waals surface area (Å²) in [5.74, 6) is -0.182. The summed E-state index contributed by atoms with van der Waals surface area (Å²) in [5.41, 5.74) is 0. The molecule has 4 nitrogen and oxygen atoms in total. The number of hydrogen-bond donors (Lipinski definition) is 0. The van der Waals surface area contributed by atoms with Gasteiger partial charge in [-0.25, -0.2) is 0 Å². The summed E-state index contributed by atoms with van der Waals surface area (Å²) in [6.45, 7) is 6.76. The van der Waals surface area contributed by atoms with Crippen LogP contribution in [-0.2, 0) is 14.4 Å². The van der Waals surface area contributed by atoms with Gasteiger partial charge < -0.3 is 4.74 Å². The smallest absolute Gasteiger partial charge is 0.327 e. The molecule has 70 valence electrons. The van der Waals surface area contributed by atoms with E-state index in [9.17, 15) is 4.79 Å². The van der Waals surface area contributed by atoms with Crippen molar-refractivity contribution < 1.29 is 14.4 Å². The normalized spacial score (nSPS) is 27.3. The Kier molecular flexibility index (Phi) is 3.05. The van der Waals surface area contributed by atoms with E-state index in [1.54, 1.807) is 12.0 Å². The molecule has 0 saturated carbocycles. The van der Waals surface area contributed by atoms with E-state index >= 15 is 0 Å². The minimum Gasteiger partial charge on any atom is -0.465 e. The molecule has 1 aliphatic rings. The number of esters is 1. The lowest BCUT2D eigenvalue weighted by Crippen LogP contribution is -2.18. The van der Waals surface area contributed by atoms with Gasteiger partial charge >= 0.3 is 5.97 Å². The van der Waals surface area contributed by atoms with Gasteiger partial charge in [-0.2, -0.15) is 5.06 Å². The van der Waals surface area contributed by atoms with Crippen molar-refractivity contribution in [1.82, 2.24) is 5.06 Å². The molecule has 4 heteroatoms. The Morgan fingerprint density at radius 3 is 2.83 bits per heavy atom. The van der Waals surface area contributed by atoms with E-state index in [4.69, 9.17) is 9.57 Å². The van der Waals surface area contributed by atoms with E-state index in [1.807, 2.05) is 13.8 Å². The van der Waals surface area contributed by atoms with Crippen molar-refractivity contribution in [3.8, 4) is 0 Å². The molecule has 0 amide bonds. The Labute approximate surface area is 72.4 Å². The molecule has 1 fully saturated rings. The quantitative estimate of drug-likeness (QED) is 0.460. The standard InChI is InChI=1S/C8H15NO3/c1-4-11-8(10)7-5-9(7)12-6(2)3/h6-7H,4-5H2,1-3H3. The van der Waals surface area contributed by atoms with Crippen LogP contribution in [0.1, 0.15) is 20.8 Å². The summed E-state index contributed by atoms with van der Waals surface area (Å²) in [4.78, 5) is 16.3. The van der Waals surface area contributed by atoms with Crippen molar-refractivity contribution in [3.63, 3.8) is 0 Å². The van der Waals surface area contributed by atoms with Crippen molar-refractivity contribution in [2.45, 2.75) is 32.9 Å². The lowest BCUT2D eigenvalue weighted by Gasteiger charge is -2.07. The van der Waals surface area contributed by atoms with Gasteiger partial charge in [0, 0.05) is 0 Å². The second-order valence-corrected chi connectivity index (χ2v) is 3.02. The zero-order valence-electron chi connectivity index (χ0n) is 7.74. The van der Waals surface area contributed by atoms with Gasteiger partial charge in [-0.15, -0.1) is 0 Å². The molecule has 2 unspecified atom stereocenters. The van der Waals surface area contributed by atoms with E-state index < -0.39 is 0 Å². The summed E-state index contributed by atoms with van der Waals surface area (Å²) in [6.07, 6.45) is 0.129. The van der Waals surface area contributed by atoms with Gasteiger partial charge in [-0.1, -0.05) is 0 Å². The van der Waals surface area contributed by atoms with Crippen molar-refractivity contribution >= 4 is 5.97 Å². The highest BCUT2D eigenvalue weighted by Crippen LogP contribution is 2.20. The fourth-order valence-corrected chi connectivity index (χ4v) is 0.941. The molecule has 1 heterocycles. The molecule has 1 aliphatic heterocycles. The fourth-order valence-electron chi connectivity index (χ4n) is 0.941. The average Bonchev–Trinajstić information content (AvgIpc) is 2.67. The Morgan fingerprint density at radius 2 is 2.33 bits per heavy atom. The summed E-state index contributed by atoms with van der Waals surface area (Å²) in [6, 6.07) is -0.160. The molecule has 0 aliphatic carbocycles. The zero-order chi connectivity index (χ0) is 9.14. The van der Waals surface area contributed by atoms with Crippen LogP contribution in [0.15, 0.2) is 0 Å². The van der Waals surface area contributed by atoms with Crippen molar-refractivity contribution in [2.75, 3.05) is 13.2 Å². The molecular weight excluding hydrogens is 158 g/mol. The van der Waals surface area contributed by atoms with E-state index in [1.165, 1.54) is 0 Å². The third-order valence-corrected chi connectivity index (χ3v) is 1.47. The lowest BCUT2D eigenvalue weighted by molar-refractivity contribution is -0.154. The topological polar surface area (TPSA) is 38.5 Å². The lowest BCUT2D eigenvalue weighted by atomic mass is 10.5. The number of carbonyl (C=O) groups is 1. The Bertz CT molecular complexity index is 170. The highest BCUT2D eigenvalue weighted by atomic mass is 16.7. The minimum atomic E-state index is -0.182. The fraction of sp³-hybridized carbons (Fsp3) is 0.875. The van der Waals surface area contributed by atoms with Crippen molar-refractivity contribution in [1.29, 1.82) is 0 Å². The predicted octanol–water partition coefficient (Wildman–Crippen LogP) is 0.574. The molecule has 0 aromatic rings. The number of carbonyl (C=O) groups excluding carboxylic acids is 1. The number of ether oxygens (including phenoxy) is 1. The predicted molar refractivity (Wildman–Crippen MR) is 43.3 cm³/mol. The maximum absolute atomic E-state index is 11.1. The maximum atomic E-state index is 11.1. The van der Waals surface area contributed by atoms with Crippen molar-refractivity contribution in [2.24, 2.45) is 0 Å². The molecule has 0 aromatic heterocycles. The summed E-state index contributed by atoms with van der Waals surface area (Å²) in [7, 11) is 0. The van der Waals surface area contributed by atoms with Gasteiger partial charge in [-0.05, 0) is 20.8 Å². The van der Waals surface area contributed by atoms with Crippen LogP contribution in [0.25, 0.3) is 0 Å². The molecular formula is C8H15NO3. The molecule has 0 bridgehead atoms. The van der Waals surface area contributed by atoms with Gasteiger partial charge in [0.05, 0.1) is 19.3 Å². The van der Waals surface area contributed by atoms with E-state index in [-0.39, 0.29) is 18.1 Å². The van der Waals surface area contributed by atoms with Crippen LogP contribution < -0.4 is 0 Å². The highest BCUT2D eigenvalue weighted by molar-refractivity contribution is 5.78. The molecule has 0 radical (unpaired) electrons. The van der Waals surface area contributed by atoms with Gasteiger partial charge in [-0.3, -0.25) is 9.63 Å². The minimum absolute atomic E-state index is 0.129. The highest BCUT2D eigenvalue weighted by Gasteiger charge is 2.43. The van der Waals surface area contributed by atoms with E-state index in [2.05, 4.69) is 0 Å². The Morgan fingerprint density at radius 1 is 1.67 bits per heavy atom. The molecule has 1 rings (SSSR count). The molecule has 2 atom stereocenters. The first kappa shape index (κ1) is 9.48. The number of hydroxylamine groups is 2. The molecule has 0 spiro atoms. The molecule has 12 heavy (non-hydrogen) atoms. The Hall–Kier alpha value is -0.610.